The molecule has 6 N–H and O–H groups in total. The number of ketones is 1. The van der Waals surface area contributed by atoms with Crippen LogP contribution in [0, 0.1) is 11.8 Å². The van der Waals surface area contributed by atoms with Crippen LogP contribution in [-0.2, 0) is 9.59 Å². The summed E-state index contributed by atoms with van der Waals surface area (Å²) in [5, 5.41) is 18.9. The Morgan fingerprint density at radius 2 is 1.79 bits per heavy atom. The standard InChI is InChI=1S/C13H24N2O4/c1-7(14)12(18)11(8-4-2-3-5-8)13(19)9(15)6-10(16)17/h7-9,11-12,18H,2-6,14-15H2,1H3,(H,16,17)/t7?,9-,11?,12?/m0/s1. The maximum Gasteiger partial charge on any atom is 0.305 e. The van der Waals surface area contributed by atoms with Crippen molar-refractivity contribution in [2.24, 2.45) is 23.3 Å². The van der Waals surface area contributed by atoms with E-state index in [1.54, 1.807) is 6.92 Å². The number of aliphatic hydroxyl groups is 1. The van der Waals surface area contributed by atoms with Gasteiger partial charge in [-0.2, -0.15) is 0 Å². The number of aliphatic hydroxyl groups excluding tert-OH is 1. The van der Waals surface area contributed by atoms with Crippen molar-refractivity contribution in [2.45, 2.75) is 57.2 Å². The number of carboxylic acid groups (broad SMARTS) is 1. The van der Waals surface area contributed by atoms with E-state index in [1.807, 2.05) is 0 Å². The van der Waals surface area contributed by atoms with Crippen LogP contribution in [0.3, 0.4) is 0 Å². The lowest BCUT2D eigenvalue weighted by atomic mass is 9.78. The summed E-state index contributed by atoms with van der Waals surface area (Å²) in [6, 6.07) is -1.61. The highest BCUT2D eigenvalue weighted by Gasteiger charge is 2.39. The Labute approximate surface area is 113 Å². The Kier molecular flexibility index (Phi) is 5.90. The molecule has 0 bridgehead atoms. The summed E-state index contributed by atoms with van der Waals surface area (Å²) in [4.78, 5) is 23.0. The number of Topliss-reactive ketones (excluding diaryl/α,β-unsaturated/α-hetero) is 1. The van der Waals surface area contributed by atoms with Crippen LogP contribution in [-0.4, -0.2) is 40.2 Å². The second kappa shape index (κ2) is 6.98. The minimum absolute atomic E-state index is 0.0633. The number of carboxylic acids is 1. The number of hydrogen-bond acceptors (Lipinski definition) is 5. The predicted octanol–water partition coefficient (Wildman–Crippen LogP) is -0.128. The van der Waals surface area contributed by atoms with Gasteiger partial charge in [0.15, 0.2) is 5.78 Å². The van der Waals surface area contributed by atoms with Gasteiger partial charge in [0, 0.05) is 12.0 Å². The fraction of sp³-hybridized carbons (Fsp3) is 0.846. The van der Waals surface area contributed by atoms with Crippen molar-refractivity contribution in [2.75, 3.05) is 0 Å². The SMILES string of the molecule is CC(N)C(O)C(C(=O)[C@@H](N)CC(=O)O)C1CCCC1. The number of aliphatic carboxylic acids is 1. The van der Waals surface area contributed by atoms with E-state index in [-0.39, 0.29) is 11.7 Å². The Hall–Kier alpha value is -0.980. The summed E-state index contributed by atoms with van der Waals surface area (Å²) >= 11 is 0. The summed E-state index contributed by atoms with van der Waals surface area (Å²) in [6.45, 7) is 1.64. The van der Waals surface area contributed by atoms with Crippen molar-refractivity contribution < 1.29 is 19.8 Å². The molecule has 1 saturated carbocycles. The third kappa shape index (κ3) is 4.26. The molecular formula is C13H24N2O4. The number of carbonyl (C=O) groups excluding carboxylic acids is 1. The average Bonchev–Trinajstić information content (AvgIpc) is 2.81. The zero-order chi connectivity index (χ0) is 14.6. The number of carbonyl (C=O) groups is 2. The van der Waals surface area contributed by atoms with Gasteiger partial charge in [0.2, 0.25) is 0 Å². The second-order valence-corrected chi connectivity index (χ2v) is 5.53. The highest BCUT2D eigenvalue weighted by molar-refractivity contribution is 5.90. The van der Waals surface area contributed by atoms with Gasteiger partial charge in [-0.3, -0.25) is 9.59 Å². The molecular weight excluding hydrogens is 248 g/mol. The molecule has 0 aliphatic heterocycles. The van der Waals surface area contributed by atoms with E-state index in [0.29, 0.717) is 0 Å². The molecule has 1 aliphatic carbocycles. The molecule has 4 atom stereocenters. The van der Waals surface area contributed by atoms with Crippen molar-refractivity contribution in [3.05, 3.63) is 0 Å². The summed E-state index contributed by atoms with van der Waals surface area (Å²) in [6.07, 6.45) is 2.39. The van der Waals surface area contributed by atoms with E-state index in [1.165, 1.54) is 0 Å². The van der Waals surface area contributed by atoms with E-state index in [2.05, 4.69) is 0 Å². The van der Waals surface area contributed by atoms with Crippen LogP contribution >= 0.6 is 0 Å². The highest BCUT2D eigenvalue weighted by atomic mass is 16.4. The largest absolute Gasteiger partial charge is 0.481 e. The molecule has 0 aromatic rings. The van der Waals surface area contributed by atoms with Crippen molar-refractivity contribution >= 4 is 11.8 Å². The van der Waals surface area contributed by atoms with E-state index in [9.17, 15) is 14.7 Å². The van der Waals surface area contributed by atoms with Gasteiger partial charge in [0.05, 0.1) is 18.6 Å². The Morgan fingerprint density at radius 1 is 1.26 bits per heavy atom. The topological polar surface area (TPSA) is 127 Å². The van der Waals surface area contributed by atoms with Crippen LogP contribution in [0.5, 0.6) is 0 Å². The molecule has 0 amide bonds. The van der Waals surface area contributed by atoms with Crippen LogP contribution in [0.15, 0.2) is 0 Å². The molecule has 1 rings (SSSR count). The maximum absolute atomic E-state index is 12.3. The third-order valence-electron chi connectivity index (χ3n) is 3.90. The quantitative estimate of drug-likeness (QED) is 0.511. The number of hydrogen-bond donors (Lipinski definition) is 4. The highest BCUT2D eigenvalue weighted by Crippen LogP contribution is 2.35. The molecule has 0 radical (unpaired) electrons. The van der Waals surface area contributed by atoms with Crippen LogP contribution < -0.4 is 11.5 Å². The minimum Gasteiger partial charge on any atom is -0.481 e. The van der Waals surface area contributed by atoms with Gasteiger partial charge in [-0.1, -0.05) is 12.8 Å². The molecule has 1 aliphatic rings. The molecule has 0 saturated heterocycles. The molecule has 3 unspecified atom stereocenters. The van der Waals surface area contributed by atoms with Crippen molar-refractivity contribution in [3.63, 3.8) is 0 Å². The lowest BCUT2D eigenvalue weighted by Crippen LogP contribution is -2.49. The normalized spacial score (nSPS) is 22.7. The first-order chi connectivity index (χ1) is 8.84. The smallest absolute Gasteiger partial charge is 0.305 e. The monoisotopic (exact) mass is 272 g/mol. The van der Waals surface area contributed by atoms with Gasteiger partial charge >= 0.3 is 5.97 Å². The lowest BCUT2D eigenvalue weighted by Gasteiger charge is -2.31. The average molecular weight is 272 g/mol. The predicted molar refractivity (Wildman–Crippen MR) is 70.3 cm³/mol. The van der Waals surface area contributed by atoms with E-state index < -0.39 is 36.5 Å². The summed E-state index contributed by atoms with van der Waals surface area (Å²) < 4.78 is 0. The van der Waals surface area contributed by atoms with Gasteiger partial charge in [-0.15, -0.1) is 0 Å². The number of nitrogens with two attached hydrogens (primary N) is 2. The van der Waals surface area contributed by atoms with Gasteiger partial charge in [0.25, 0.3) is 0 Å². The first-order valence-corrected chi connectivity index (χ1v) is 6.79. The molecule has 0 aromatic carbocycles. The third-order valence-corrected chi connectivity index (χ3v) is 3.90. The molecule has 110 valence electrons. The van der Waals surface area contributed by atoms with Gasteiger partial charge in [-0.05, 0) is 25.7 Å². The van der Waals surface area contributed by atoms with Crippen LogP contribution in [0.2, 0.25) is 0 Å². The second-order valence-electron chi connectivity index (χ2n) is 5.53. The molecule has 6 nitrogen and oxygen atoms in total. The Balaban J connectivity index is 2.82. The molecule has 1 fully saturated rings. The molecule has 19 heavy (non-hydrogen) atoms. The minimum atomic E-state index is -1.11. The van der Waals surface area contributed by atoms with Crippen LogP contribution in [0.1, 0.15) is 39.0 Å². The zero-order valence-electron chi connectivity index (χ0n) is 11.3. The Morgan fingerprint density at radius 3 is 2.21 bits per heavy atom. The van der Waals surface area contributed by atoms with Crippen molar-refractivity contribution in [1.29, 1.82) is 0 Å². The number of rotatable bonds is 7. The summed E-state index contributed by atoms with van der Waals surface area (Å²) in [5.74, 6) is -2.06. The van der Waals surface area contributed by atoms with Crippen molar-refractivity contribution in [1.82, 2.24) is 0 Å². The summed E-state index contributed by atoms with van der Waals surface area (Å²) in [5.41, 5.74) is 11.3. The fourth-order valence-electron chi connectivity index (χ4n) is 2.86. The Bertz CT molecular complexity index is 325. The van der Waals surface area contributed by atoms with E-state index in [4.69, 9.17) is 16.6 Å². The first kappa shape index (κ1) is 16.1. The van der Waals surface area contributed by atoms with E-state index >= 15 is 0 Å². The van der Waals surface area contributed by atoms with Gasteiger partial charge in [0.1, 0.15) is 0 Å². The molecule has 0 aromatic heterocycles. The van der Waals surface area contributed by atoms with Crippen LogP contribution in [0.25, 0.3) is 0 Å². The van der Waals surface area contributed by atoms with Gasteiger partial charge in [-0.25, -0.2) is 0 Å². The molecule has 0 heterocycles. The van der Waals surface area contributed by atoms with Crippen LogP contribution in [0.4, 0.5) is 0 Å². The fourth-order valence-corrected chi connectivity index (χ4v) is 2.86. The zero-order valence-corrected chi connectivity index (χ0v) is 11.3. The van der Waals surface area contributed by atoms with Gasteiger partial charge < -0.3 is 21.7 Å². The molecule has 6 heteroatoms. The summed E-state index contributed by atoms with van der Waals surface area (Å²) in [7, 11) is 0. The lowest BCUT2D eigenvalue weighted by molar-refractivity contribution is -0.141. The maximum atomic E-state index is 12.3. The molecule has 0 spiro atoms. The first-order valence-electron chi connectivity index (χ1n) is 6.79. The van der Waals surface area contributed by atoms with Crippen molar-refractivity contribution in [3.8, 4) is 0 Å². The van der Waals surface area contributed by atoms with E-state index in [0.717, 1.165) is 25.7 Å².